The van der Waals surface area contributed by atoms with Gasteiger partial charge in [0.05, 0.1) is 0 Å². The molecule has 0 aromatic heterocycles. The van der Waals surface area contributed by atoms with Gasteiger partial charge in [0.15, 0.2) is 0 Å². The molecule has 1 nitrogen and oxygen atoms in total. The average Bonchev–Trinajstić information content (AvgIpc) is 2.05. The second-order valence-corrected chi connectivity index (χ2v) is 3.00. The summed E-state index contributed by atoms with van der Waals surface area (Å²) in [6.07, 6.45) is 0.917. The summed E-state index contributed by atoms with van der Waals surface area (Å²) < 4.78 is 13.1. The minimum Gasteiger partial charge on any atom is -0.324 e. The maximum atomic E-state index is 13.1. The van der Waals surface area contributed by atoms with Crippen molar-refractivity contribution in [3.63, 3.8) is 0 Å². The molecule has 66 valence electrons. The number of rotatable bonds is 2. The Hall–Kier alpha value is -0.890. The van der Waals surface area contributed by atoms with Crippen molar-refractivity contribution in [2.45, 2.75) is 26.3 Å². The fourth-order valence-corrected chi connectivity index (χ4v) is 1.16. The maximum absolute atomic E-state index is 13.1. The molecule has 0 fully saturated rings. The van der Waals surface area contributed by atoms with E-state index in [-0.39, 0.29) is 11.9 Å². The number of aryl methyl sites for hydroxylation is 1. The summed E-state index contributed by atoms with van der Waals surface area (Å²) in [6, 6.07) is 4.88. The molecule has 0 aliphatic carbocycles. The fraction of sp³-hybridized carbons (Fsp3) is 0.400. The molecule has 0 aliphatic rings. The first-order valence-electron chi connectivity index (χ1n) is 4.19. The van der Waals surface area contributed by atoms with E-state index >= 15 is 0 Å². The van der Waals surface area contributed by atoms with Crippen molar-refractivity contribution < 1.29 is 4.39 Å². The summed E-state index contributed by atoms with van der Waals surface area (Å²) in [6.45, 7) is 3.83. The highest BCUT2D eigenvalue weighted by atomic mass is 19.1. The lowest BCUT2D eigenvalue weighted by atomic mass is 10.0. The third-order valence-electron chi connectivity index (χ3n) is 1.96. The lowest BCUT2D eigenvalue weighted by Crippen LogP contribution is -2.07. The Morgan fingerprint density at radius 2 is 2.17 bits per heavy atom. The molecule has 1 aromatic rings. The Bertz CT molecular complexity index is 269. The molecule has 1 rings (SSSR count). The second-order valence-electron chi connectivity index (χ2n) is 3.00. The zero-order chi connectivity index (χ0) is 9.14. The zero-order valence-electron chi connectivity index (χ0n) is 7.47. The quantitative estimate of drug-likeness (QED) is 0.719. The van der Waals surface area contributed by atoms with E-state index < -0.39 is 0 Å². The van der Waals surface area contributed by atoms with Crippen LogP contribution in [-0.4, -0.2) is 0 Å². The first-order chi connectivity index (χ1) is 5.65. The van der Waals surface area contributed by atoms with Gasteiger partial charge in [-0.3, -0.25) is 0 Å². The van der Waals surface area contributed by atoms with Crippen LogP contribution in [0.5, 0.6) is 0 Å². The Morgan fingerprint density at radius 3 is 2.67 bits per heavy atom. The highest BCUT2D eigenvalue weighted by Gasteiger charge is 2.06. The fourth-order valence-electron chi connectivity index (χ4n) is 1.16. The molecule has 0 bridgehead atoms. The van der Waals surface area contributed by atoms with Crippen molar-refractivity contribution in [1.82, 2.24) is 0 Å². The minimum atomic E-state index is -0.225. The predicted molar refractivity (Wildman–Crippen MR) is 48.4 cm³/mol. The number of hydrogen-bond acceptors (Lipinski definition) is 1. The molecule has 0 radical (unpaired) electrons. The summed E-state index contributed by atoms with van der Waals surface area (Å²) in [5.41, 5.74) is 7.33. The second kappa shape index (κ2) is 3.68. The van der Waals surface area contributed by atoms with Gasteiger partial charge in [-0.2, -0.15) is 0 Å². The van der Waals surface area contributed by atoms with Crippen molar-refractivity contribution in [1.29, 1.82) is 0 Å². The van der Waals surface area contributed by atoms with E-state index in [0.717, 1.165) is 12.0 Å². The third-order valence-corrected chi connectivity index (χ3v) is 1.96. The van der Waals surface area contributed by atoms with Gasteiger partial charge in [0.25, 0.3) is 0 Å². The van der Waals surface area contributed by atoms with E-state index in [4.69, 9.17) is 5.73 Å². The van der Waals surface area contributed by atoms with Crippen molar-refractivity contribution in [3.8, 4) is 0 Å². The van der Waals surface area contributed by atoms with Gasteiger partial charge in [-0.05, 0) is 25.0 Å². The van der Waals surface area contributed by atoms with E-state index in [1.54, 1.807) is 13.0 Å². The summed E-state index contributed by atoms with van der Waals surface area (Å²) in [5.74, 6) is -0.206. The van der Waals surface area contributed by atoms with Gasteiger partial charge in [-0.25, -0.2) is 4.39 Å². The van der Waals surface area contributed by atoms with Crippen LogP contribution in [0, 0.1) is 5.82 Å². The Morgan fingerprint density at radius 1 is 1.50 bits per heavy atom. The van der Waals surface area contributed by atoms with Crippen LogP contribution in [0.1, 0.15) is 31.0 Å². The molecule has 0 unspecified atom stereocenters. The van der Waals surface area contributed by atoms with Crippen LogP contribution in [0.2, 0.25) is 0 Å². The van der Waals surface area contributed by atoms with Gasteiger partial charge >= 0.3 is 0 Å². The molecule has 0 aliphatic heterocycles. The van der Waals surface area contributed by atoms with Crippen LogP contribution >= 0.6 is 0 Å². The topological polar surface area (TPSA) is 26.0 Å². The van der Waals surface area contributed by atoms with Gasteiger partial charge in [0, 0.05) is 11.6 Å². The van der Waals surface area contributed by atoms with Crippen LogP contribution < -0.4 is 5.73 Å². The summed E-state index contributed by atoms with van der Waals surface area (Å²) in [5, 5.41) is 0. The molecular formula is C10H14FN. The molecule has 0 spiro atoms. The molecule has 0 amide bonds. The smallest absolute Gasteiger partial charge is 0.127 e. The molecule has 2 N–H and O–H groups in total. The minimum absolute atomic E-state index is 0.206. The molecule has 12 heavy (non-hydrogen) atoms. The van der Waals surface area contributed by atoms with Crippen molar-refractivity contribution in [3.05, 3.63) is 35.1 Å². The SMILES string of the molecule is CCc1ccc(F)c([C@H](C)N)c1. The van der Waals surface area contributed by atoms with Crippen molar-refractivity contribution in [2.75, 3.05) is 0 Å². The van der Waals surface area contributed by atoms with Crippen molar-refractivity contribution >= 4 is 0 Å². The van der Waals surface area contributed by atoms with Gasteiger partial charge in [-0.1, -0.05) is 19.1 Å². The molecule has 1 atom stereocenters. The highest BCUT2D eigenvalue weighted by molar-refractivity contribution is 5.27. The molecule has 1 aromatic carbocycles. The molecule has 0 heterocycles. The van der Waals surface area contributed by atoms with Crippen LogP contribution in [0.25, 0.3) is 0 Å². The Balaban J connectivity index is 3.08. The van der Waals surface area contributed by atoms with Crippen LogP contribution in [0.4, 0.5) is 4.39 Å². The monoisotopic (exact) mass is 167 g/mol. The van der Waals surface area contributed by atoms with Gasteiger partial charge in [0.1, 0.15) is 5.82 Å². The summed E-state index contributed by atoms with van der Waals surface area (Å²) in [7, 11) is 0. The number of nitrogens with two attached hydrogens (primary N) is 1. The highest BCUT2D eigenvalue weighted by Crippen LogP contribution is 2.16. The van der Waals surface area contributed by atoms with Crippen LogP contribution in [-0.2, 0) is 6.42 Å². The first-order valence-corrected chi connectivity index (χ1v) is 4.19. The standard InChI is InChI=1S/C10H14FN/c1-3-8-4-5-10(11)9(6-8)7(2)12/h4-7H,3,12H2,1-2H3/t7-/m0/s1. The first kappa shape index (κ1) is 9.20. The van der Waals surface area contributed by atoms with Crippen LogP contribution in [0.3, 0.4) is 0 Å². The summed E-state index contributed by atoms with van der Waals surface area (Å²) >= 11 is 0. The van der Waals surface area contributed by atoms with Crippen LogP contribution in [0.15, 0.2) is 18.2 Å². The zero-order valence-corrected chi connectivity index (χ0v) is 7.47. The van der Waals surface area contributed by atoms with E-state index in [2.05, 4.69) is 0 Å². The Kier molecular flexibility index (Phi) is 2.82. The van der Waals surface area contributed by atoms with Gasteiger partial charge in [0.2, 0.25) is 0 Å². The lowest BCUT2D eigenvalue weighted by molar-refractivity contribution is 0.592. The third kappa shape index (κ3) is 1.83. The molecule has 0 saturated heterocycles. The number of hydrogen-bond donors (Lipinski definition) is 1. The number of halogens is 1. The van der Waals surface area contributed by atoms with Gasteiger partial charge < -0.3 is 5.73 Å². The predicted octanol–water partition coefficient (Wildman–Crippen LogP) is 2.41. The lowest BCUT2D eigenvalue weighted by Gasteiger charge is -2.08. The Labute approximate surface area is 72.4 Å². The van der Waals surface area contributed by atoms with E-state index in [1.807, 2.05) is 13.0 Å². The number of benzene rings is 1. The van der Waals surface area contributed by atoms with Crippen molar-refractivity contribution in [2.24, 2.45) is 5.73 Å². The summed E-state index contributed by atoms with van der Waals surface area (Å²) in [4.78, 5) is 0. The van der Waals surface area contributed by atoms with E-state index in [1.165, 1.54) is 6.07 Å². The molecule has 0 saturated carbocycles. The molecular weight excluding hydrogens is 153 g/mol. The average molecular weight is 167 g/mol. The molecule has 2 heteroatoms. The largest absolute Gasteiger partial charge is 0.324 e. The van der Waals surface area contributed by atoms with Gasteiger partial charge in [-0.15, -0.1) is 0 Å². The normalized spacial score (nSPS) is 13.0. The maximum Gasteiger partial charge on any atom is 0.127 e. The van der Waals surface area contributed by atoms with E-state index in [9.17, 15) is 4.39 Å². The van der Waals surface area contributed by atoms with E-state index in [0.29, 0.717) is 5.56 Å².